The fourth-order valence-corrected chi connectivity index (χ4v) is 5.00. The molecule has 2 aliphatic heterocycles. The number of aromatic nitrogens is 1. The lowest BCUT2D eigenvalue weighted by atomic mass is 9.81. The Bertz CT molecular complexity index is 485. The SMILES string of the molecule is N#Cc1cncc(C2(O)CC3CCCC(C2)S3)c1. The minimum atomic E-state index is -0.777. The van der Waals surface area contributed by atoms with Gasteiger partial charge in [-0.25, -0.2) is 0 Å². The van der Waals surface area contributed by atoms with Crippen LogP contribution in [0.25, 0.3) is 0 Å². The minimum Gasteiger partial charge on any atom is -0.385 e. The van der Waals surface area contributed by atoms with E-state index >= 15 is 0 Å². The molecule has 3 rings (SSSR count). The number of hydrogen-bond donors (Lipinski definition) is 1. The Balaban J connectivity index is 1.92. The summed E-state index contributed by atoms with van der Waals surface area (Å²) in [6.45, 7) is 0. The Hall–Kier alpha value is -1.05. The van der Waals surface area contributed by atoms with Crippen LogP contribution in [0.5, 0.6) is 0 Å². The Morgan fingerprint density at radius 3 is 2.72 bits per heavy atom. The van der Waals surface area contributed by atoms with Gasteiger partial charge in [0.1, 0.15) is 6.07 Å². The van der Waals surface area contributed by atoms with Crippen molar-refractivity contribution in [3.63, 3.8) is 0 Å². The zero-order valence-electron chi connectivity index (χ0n) is 10.2. The van der Waals surface area contributed by atoms with Crippen LogP contribution in [0.1, 0.15) is 43.2 Å². The third-order valence-corrected chi connectivity index (χ3v) is 5.55. The van der Waals surface area contributed by atoms with Crippen molar-refractivity contribution >= 4 is 11.8 Å². The molecule has 2 fully saturated rings. The molecule has 94 valence electrons. The summed E-state index contributed by atoms with van der Waals surface area (Å²) in [5.41, 5.74) is 0.573. The van der Waals surface area contributed by atoms with E-state index in [4.69, 9.17) is 5.26 Å². The van der Waals surface area contributed by atoms with Gasteiger partial charge in [0.05, 0.1) is 11.2 Å². The van der Waals surface area contributed by atoms with E-state index in [2.05, 4.69) is 11.1 Å². The number of hydrogen-bond acceptors (Lipinski definition) is 4. The van der Waals surface area contributed by atoms with Crippen molar-refractivity contribution in [1.82, 2.24) is 4.98 Å². The highest BCUT2D eigenvalue weighted by Gasteiger charge is 2.42. The summed E-state index contributed by atoms with van der Waals surface area (Å²) in [6, 6.07) is 3.89. The molecular formula is C14H16N2OS. The van der Waals surface area contributed by atoms with Gasteiger partial charge in [0.15, 0.2) is 0 Å². The van der Waals surface area contributed by atoms with Crippen molar-refractivity contribution in [3.05, 3.63) is 29.6 Å². The molecule has 0 spiro atoms. The molecule has 3 nitrogen and oxygen atoms in total. The maximum absolute atomic E-state index is 10.9. The predicted octanol–water partition coefficient (Wildman–Crippen LogP) is 2.59. The molecule has 2 unspecified atom stereocenters. The smallest absolute Gasteiger partial charge is 0.101 e. The van der Waals surface area contributed by atoms with Crippen LogP contribution in [-0.2, 0) is 5.60 Å². The van der Waals surface area contributed by atoms with Crippen LogP contribution < -0.4 is 0 Å². The van der Waals surface area contributed by atoms with E-state index in [1.807, 2.05) is 11.8 Å². The van der Waals surface area contributed by atoms with Gasteiger partial charge in [0.2, 0.25) is 0 Å². The summed E-state index contributed by atoms with van der Waals surface area (Å²) in [6.07, 6.45) is 8.55. The molecule has 0 aromatic carbocycles. The Labute approximate surface area is 111 Å². The van der Waals surface area contributed by atoms with Gasteiger partial charge in [0.25, 0.3) is 0 Å². The molecule has 2 atom stereocenters. The second-order valence-corrected chi connectivity index (χ2v) is 6.93. The average Bonchev–Trinajstić information content (AvgIpc) is 2.38. The predicted molar refractivity (Wildman–Crippen MR) is 71.1 cm³/mol. The van der Waals surface area contributed by atoms with Gasteiger partial charge in [-0.3, -0.25) is 4.98 Å². The molecule has 0 amide bonds. The van der Waals surface area contributed by atoms with E-state index in [1.165, 1.54) is 19.3 Å². The Morgan fingerprint density at radius 1 is 1.33 bits per heavy atom. The molecule has 0 radical (unpaired) electrons. The van der Waals surface area contributed by atoms with Gasteiger partial charge in [-0.2, -0.15) is 17.0 Å². The number of pyridine rings is 1. The minimum absolute atomic E-state index is 0.532. The molecule has 3 heterocycles. The third kappa shape index (κ3) is 2.13. The van der Waals surface area contributed by atoms with E-state index in [0.717, 1.165) is 18.4 Å². The van der Waals surface area contributed by atoms with Crippen LogP contribution in [-0.4, -0.2) is 20.6 Å². The summed E-state index contributed by atoms with van der Waals surface area (Å²) in [4.78, 5) is 4.08. The number of rotatable bonds is 1. The standard InChI is InChI=1S/C14H16N2OS/c15-7-10-4-11(9-16-8-10)14(17)5-12-2-1-3-13(6-14)18-12/h4,8-9,12-13,17H,1-3,5-6H2. The maximum Gasteiger partial charge on any atom is 0.101 e. The lowest BCUT2D eigenvalue weighted by Gasteiger charge is -2.44. The second kappa shape index (κ2) is 4.56. The van der Waals surface area contributed by atoms with Crippen LogP contribution in [0.3, 0.4) is 0 Å². The summed E-state index contributed by atoms with van der Waals surface area (Å²) in [5, 5.41) is 21.0. The summed E-state index contributed by atoms with van der Waals surface area (Å²) >= 11 is 2.03. The van der Waals surface area contributed by atoms with Crippen molar-refractivity contribution in [2.24, 2.45) is 0 Å². The van der Waals surface area contributed by atoms with E-state index in [9.17, 15) is 5.11 Å². The molecule has 1 aromatic heterocycles. The van der Waals surface area contributed by atoms with Gasteiger partial charge >= 0.3 is 0 Å². The van der Waals surface area contributed by atoms with Crippen LogP contribution in [0.4, 0.5) is 0 Å². The molecule has 1 aromatic rings. The molecule has 2 aliphatic rings. The molecule has 4 heteroatoms. The summed E-state index contributed by atoms with van der Waals surface area (Å²) in [7, 11) is 0. The van der Waals surface area contributed by atoms with Gasteiger partial charge in [-0.15, -0.1) is 0 Å². The van der Waals surface area contributed by atoms with Crippen molar-refractivity contribution in [3.8, 4) is 6.07 Å². The molecule has 2 bridgehead atoms. The number of nitriles is 1. The first-order valence-corrected chi connectivity index (χ1v) is 7.37. The van der Waals surface area contributed by atoms with Crippen LogP contribution in [0.15, 0.2) is 18.5 Å². The lowest BCUT2D eigenvalue weighted by Crippen LogP contribution is -2.40. The Morgan fingerprint density at radius 2 is 2.06 bits per heavy atom. The van der Waals surface area contributed by atoms with Crippen LogP contribution >= 0.6 is 11.8 Å². The van der Waals surface area contributed by atoms with Crippen molar-refractivity contribution < 1.29 is 5.11 Å². The van der Waals surface area contributed by atoms with E-state index in [-0.39, 0.29) is 0 Å². The van der Waals surface area contributed by atoms with E-state index in [0.29, 0.717) is 16.1 Å². The largest absolute Gasteiger partial charge is 0.385 e. The van der Waals surface area contributed by atoms with E-state index < -0.39 is 5.60 Å². The van der Waals surface area contributed by atoms with Gasteiger partial charge in [-0.05, 0) is 31.7 Å². The number of nitrogens with zero attached hydrogens (tertiary/aromatic N) is 2. The van der Waals surface area contributed by atoms with Gasteiger partial charge in [0, 0.05) is 28.5 Å². The quantitative estimate of drug-likeness (QED) is 0.843. The van der Waals surface area contributed by atoms with Gasteiger partial charge in [-0.1, -0.05) is 6.42 Å². The van der Waals surface area contributed by atoms with Crippen molar-refractivity contribution in [2.75, 3.05) is 0 Å². The van der Waals surface area contributed by atoms with Crippen LogP contribution in [0.2, 0.25) is 0 Å². The number of thioether (sulfide) groups is 1. The normalized spacial score (nSPS) is 34.9. The first-order valence-electron chi connectivity index (χ1n) is 6.43. The van der Waals surface area contributed by atoms with E-state index in [1.54, 1.807) is 18.5 Å². The fraction of sp³-hybridized carbons (Fsp3) is 0.571. The molecule has 0 saturated carbocycles. The maximum atomic E-state index is 10.9. The number of aliphatic hydroxyl groups is 1. The zero-order chi connectivity index (χ0) is 12.6. The lowest BCUT2D eigenvalue weighted by molar-refractivity contribution is 0.00780. The highest BCUT2D eigenvalue weighted by molar-refractivity contribution is 8.00. The second-order valence-electron chi connectivity index (χ2n) is 5.32. The third-order valence-electron chi connectivity index (χ3n) is 3.97. The molecule has 2 saturated heterocycles. The molecular weight excluding hydrogens is 244 g/mol. The average molecular weight is 260 g/mol. The van der Waals surface area contributed by atoms with Crippen molar-refractivity contribution in [1.29, 1.82) is 5.26 Å². The highest BCUT2D eigenvalue weighted by Crippen LogP contribution is 2.49. The Kier molecular flexibility index (Phi) is 3.04. The first-order chi connectivity index (χ1) is 8.69. The topological polar surface area (TPSA) is 56.9 Å². The highest BCUT2D eigenvalue weighted by atomic mass is 32.2. The van der Waals surface area contributed by atoms with Crippen molar-refractivity contribution in [2.45, 2.75) is 48.2 Å². The first kappa shape index (κ1) is 12.0. The number of fused-ring (bicyclic) bond motifs is 2. The summed E-state index contributed by atoms with van der Waals surface area (Å²) < 4.78 is 0. The molecule has 1 N–H and O–H groups in total. The fourth-order valence-electron chi connectivity index (χ4n) is 3.11. The molecule has 18 heavy (non-hydrogen) atoms. The summed E-state index contributed by atoms with van der Waals surface area (Å²) in [5.74, 6) is 0. The van der Waals surface area contributed by atoms with Crippen LogP contribution in [0, 0.1) is 11.3 Å². The monoisotopic (exact) mass is 260 g/mol. The zero-order valence-corrected chi connectivity index (χ0v) is 11.0. The molecule has 0 aliphatic carbocycles. The van der Waals surface area contributed by atoms with Gasteiger partial charge < -0.3 is 5.11 Å².